The van der Waals surface area contributed by atoms with Gasteiger partial charge < -0.3 is 15.0 Å². The second kappa shape index (κ2) is 10.1. The molecule has 1 aromatic carbocycles. The smallest absolute Gasteiger partial charge is 0.410 e. The molecule has 0 aliphatic carbocycles. The second-order valence-electron chi connectivity index (χ2n) is 9.56. The molecule has 33 heavy (non-hydrogen) atoms. The molecular formula is C23H34N4O5S. The molecule has 2 aliphatic heterocycles. The number of carbonyl (C=O) groups excluding carboxylic acids is 2. The van der Waals surface area contributed by atoms with Crippen molar-refractivity contribution in [2.45, 2.75) is 75.8 Å². The molecule has 2 amide bonds. The van der Waals surface area contributed by atoms with E-state index in [0.717, 1.165) is 25.8 Å². The van der Waals surface area contributed by atoms with Gasteiger partial charge in [0.25, 0.3) is 10.0 Å². The van der Waals surface area contributed by atoms with Gasteiger partial charge in [-0.3, -0.25) is 9.69 Å². The van der Waals surface area contributed by atoms with E-state index in [1.165, 1.54) is 17.0 Å². The minimum Gasteiger partial charge on any atom is -0.444 e. The molecule has 1 aromatic rings. The maximum absolute atomic E-state index is 12.9. The van der Waals surface area contributed by atoms with Crippen LogP contribution in [0.15, 0.2) is 33.6 Å². The Labute approximate surface area is 196 Å². The minimum absolute atomic E-state index is 0.0147. The molecule has 2 saturated heterocycles. The van der Waals surface area contributed by atoms with E-state index in [0.29, 0.717) is 37.3 Å². The Hall–Kier alpha value is -2.62. The van der Waals surface area contributed by atoms with Crippen molar-refractivity contribution in [3.63, 3.8) is 0 Å². The van der Waals surface area contributed by atoms with Crippen molar-refractivity contribution >= 4 is 33.5 Å². The number of nitrogens with one attached hydrogen (secondary N) is 1. The lowest BCUT2D eigenvalue weighted by Gasteiger charge is -2.28. The van der Waals surface area contributed by atoms with E-state index in [4.69, 9.17) is 4.74 Å². The van der Waals surface area contributed by atoms with Crippen LogP contribution < -0.4 is 5.32 Å². The topological polar surface area (TPSA) is 108 Å². The van der Waals surface area contributed by atoms with Gasteiger partial charge in [-0.05, 0) is 64.7 Å². The predicted octanol–water partition coefficient (Wildman–Crippen LogP) is 3.62. The number of anilines is 1. The minimum atomic E-state index is -3.92. The molecule has 0 aromatic heterocycles. The Morgan fingerprint density at radius 1 is 1.12 bits per heavy atom. The van der Waals surface area contributed by atoms with Crippen molar-refractivity contribution in [3.05, 3.63) is 24.3 Å². The van der Waals surface area contributed by atoms with Crippen molar-refractivity contribution in [1.29, 1.82) is 0 Å². The third-order valence-corrected chi connectivity index (χ3v) is 6.94. The van der Waals surface area contributed by atoms with Crippen molar-refractivity contribution in [2.75, 3.05) is 25.5 Å². The largest absolute Gasteiger partial charge is 0.444 e. The van der Waals surface area contributed by atoms with Gasteiger partial charge in [0.2, 0.25) is 5.91 Å². The van der Waals surface area contributed by atoms with Crippen LogP contribution in [-0.2, 0) is 19.6 Å². The number of nitrogens with zero attached hydrogens (tertiary/aromatic N) is 3. The molecule has 0 unspecified atom stereocenters. The standard InChI is InChI=1S/C23H34N4O5S/c1-23(2,3)32-22(29)27-15-9-12-19(27)21(28)24-17-10-8-11-18(16-17)33(30,31)25-20-13-6-5-7-14-26(20)4/h8,10-11,16,19H,5-7,9,12-15H2,1-4H3,(H,24,28)/t19-/m0/s1. The lowest BCUT2D eigenvalue weighted by Crippen LogP contribution is -2.45. The number of carbonyl (C=O) groups is 2. The summed E-state index contributed by atoms with van der Waals surface area (Å²) in [4.78, 5) is 28.7. The van der Waals surface area contributed by atoms with Gasteiger partial charge in [-0.2, -0.15) is 8.42 Å². The fourth-order valence-corrected chi connectivity index (χ4v) is 5.11. The SMILES string of the molecule is CN1CCCCCC1=NS(=O)(=O)c1cccc(NC(=O)[C@@H]2CCCN2C(=O)OC(C)(C)C)c1. The van der Waals surface area contributed by atoms with Crippen molar-refractivity contribution in [1.82, 2.24) is 9.80 Å². The Morgan fingerprint density at radius 3 is 2.61 bits per heavy atom. The van der Waals surface area contributed by atoms with Crippen LogP contribution in [0.25, 0.3) is 0 Å². The zero-order valence-corrected chi connectivity index (χ0v) is 20.7. The summed E-state index contributed by atoms with van der Waals surface area (Å²) in [6, 6.07) is 5.39. The van der Waals surface area contributed by atoms with Crippen LogP contribution in [0.1, 0.15) is 59.3 Å². The van der Waals surface area contributed by atoms with Crippen LogP contribution >= 0.6 is 0 Å². The number of ether oxygens (including phenoxy) is 1. The number of rotatable bonds is 4. The molecule has 0 bridgehead atoms. The van der Waals surface area contributed by atoms with E-state index in [9.17, 15) is 18.0 Å². The van der Waals surface area contributed by atoms with Crippen LogP contribution in [-0.4, -0.2) is 67.8 Å². The number of amides is 2. The number of hydrogen-bond acceptors (Lipinski definition) is 5. The highest BCUT2D eigenvalue weighted by Crippen LogP contribution is 2.24. The van der Waals surface area contributed by atoms with E-state index in [1.807, 2.05) is 11.9 Å². The Balaban J connectivity index is 1.74. The van der Waals surface area contributed by atoms with Crippen molar-refractivity contribution in [3.8, 4) is 0 Å². The molecular weight excluding hydrogens is 444 g/mol. The van der Waals surface area contributed by atoms with Crippen molar-refractivity contribution < 1.29 is 22.7 Å². The van der Waals surface area contributed by atoms with Gasteiger partial charge in [-0.15, -0.1) is 4.40 Å². The summed E-state index contributed by atoms with van der Waals surface area (Å²) in [6.45, 7) is 6.54. The van der Waals surface area contributed by atoms with E-state index < -0.39 is 27.8 Å². The summed E-state index contributed by atoms with van der Waals surface area (Å²) in [5.74, 6) is 0.184. The first-order valence-corrected chi connectivity index (χ1v) is 12.9. The van der Waals surface area contributed by atoms with Gasteiger partial charge in [0.05, 0.1) is 4.90 Å². The van der Waals surface area contributed by atoms with Gasteiger partial charge >= 0.3 is 6.09 Å². The average Bonchev–Trinajstić information content (AvgIpc) is 3.13. The Bertz CT molecular complexity index is 1020. The molecule has 1 atom stereocenters. The molecule has 9 nitrogen and oxygen atoms in total. The van der Waals surface area contributed by atoms with Gasteiger partial charge in [0, 0.05) is 32.2 Å². The van der Waals surface area contributed by atoms with Gasteiger partial charge in [-0.1, -0.05) is 12.5 Å². The van der Waals surface area contributed by atoms with E-state index in [-0.39, 0.29) is 10.8 Å². The molecule has 1 N–H and O–H groups in total. The molecule has 3 rings (SSSR count). The third kappa shape index (κ3) is 6.69. The second-order valence-corrected chi connectivity index (χ2v) is 11.2. The van der Waals surface area contributed by atoms with Gasteiger partial charge in [0.1, 0.15) is 17.5 Å². The molecule has 0 spiro atoms. The van der Waals surface area contributed by atoms with Crippen LogP contribution in [0.3, 0.4) is 0 Å². The first kappa shape index (κ1) is 25.0. The van der Waals surface area contributed by atoms with Crippen LogP contribution in [0, 0.1) is 0 Å². The highest BCUT2D eigenvalue weighted by atomic mass is 32.2. The molecule has 10 heteroatoms. The summed E-state index contributed by atoms with van der Waals surface area (Å²) in [5.41, 5.74) is -0.317. The highest BCUT2D eigenvalue weighted by molar-refractivity contribution is 7.90. The summed E-state index contributed by atoms with van der Waals surface area (Å²) in [6.07, 6.45) is 4.27. The summed E-state index contributed by atoms with van der Waals surface area (Å²) < 4.78 is 35.4. The Kier molecular flexibility index (Phi) is 7.66. The lowest BCUT2D eigenvalue weighted by molar-refractivity contribution is -0.120. The molecule has 2 fully saturated rings. The normalized spacial score (nSPS) is 21.1. The average molecular weight is 479 g/mol. The molecule has 0 radical (unpaired) electrons. The number of benzene rings is 1. The molecule has 182 valence electrons. The predicted molar refractivity (Wildman–Crippen MR) is 127 cm³/mol. The van der Waals surface area contributed by atoms with Crippen molar-refractivity contribution in [2.24, 2.45) is 4.40 Å². The maximum Gasteiger partial charge on any atom is 0.410 e. The lowest BCUT2D eigenvalue weighted by atomic mass is 10.2. The van der Waals surface area contributed by atoms with Crippen LogP contribution in [0.5, 0.6) is 0 Å². The van der Waals surface area contributed by atoms with Gasteiger partial charge in [-0.25, -0.2) is 4.79 Å². The van der Waals surface area contributed by atoms with E-state index in [1.54, 1.807) is 32.9 Å². The zero-order chi connectivity index (χ0) is 24.2. The molecule has 0 saturated carbocycles. The van der Waals surface area contributed by atoms with E-state index in [2.05, 4.69) is 9.71 Å². The van der Waals surface area contributed by atoms with E-state index >= 15 is 0 Å². The monoisotopic (exact) mass is 478 g/mol. The summed E-state index contributed by atoms with van der Waals surface area (Å²) >= 11 is 0. The van der Waals surface area contributed by atoms with Crippen LogP contribution in [0.4, 0.5) is 10.5 Å². The number of hydrogen-bond donors (Lipinski definition) is 1. The molecule has 2 heterocycles. The Morgan fingerprint density at radius 2 is 1.88 bits per heavy atom. The molecule has 2 aliphatic rings. The first-order chi connectivity index (χ1) is 15.5. The quantitative estimate of drug-likeness (QED) is 0.708. The first-order valence-electron chi connectivity index (χ1n) is 11.4. The number of amidine groups is 1. The summed E-state index contributed by atoms with van der Waals surface area (Å²) in [5, 5.41) is 2.75. The van der Waals surface area contributed by atoms with Crippen LogP contribution in [0.2, 0.25) is 0 Å². The third-order valence-electron chi connectivity index (χ3n) is 5.64. The van der Waals surface area contributed by atoms with Gasteiger partial charge in [0.15, 0.2) is 0 Å². The maximum atomic E-state index is 12.9. The summed E-state index contributed by atoms with van der Waals surface area (Å²) in [7, 11) is -2.06. The zero-order valence-electron chi connectivity index (χ0n) is 19.8. The fourth-order valence-electron chi connectivity index (χ4n) is 3.97. The number of sulfonamides is 1. The fraction of sp³-hybridized carbons (Fsp3) is 0.609. The number of likely N-dealkylation sites (tertiary alicyclic amines) is 2. The highest BCUT2D eigenvalue weighted by Gasteiger charge is 2.36.